The summed E-state index contributed by atoms with van der Waals surface area (Å²) in [6.07, 6.45) is -0.774. The molecule has 0 spiro atoms. The van der Waals surface area contributed by atoms with E-state index in [9.17, 15) is 14.0 Å². The van der Waals surface area contributed by atoms with E-state index in [0.717, 1.165) is 0 Å². The maximum absolute atomic E-state index is 13.3. The van der Waals surface area contributed by atoms with Crippen molar-refractivity contribution >= 4 is 35.0 Å². The van der Waals surface area contributed by atoms with Crippen LogP contribution in [0.15, 0.2) is 0 Å². The van der Waals surface area contributed by atoms with Crippen molar-refractivity contribution in [1.29, 1.82) is 0 Å². The van der Waals surface area contributed by atoms with Crippen molar-refractivity contribution in [2.45, 2.75) is 13.3 Å². The minimum Gasteiger partial charge on any atom is -0.481 e. The van der Waals surface area contributed by atoms with E-state index in [2.05, 4.69) is 4.98 Å². The molecular formula is C9H6Cl2FNO3. The molecule has 0 amide bonds. The number of carboxylic acids is 1. The Hall–Kier alpha value is -1.20. The van der Waals surface area contributed by atoms with E-state index >= 15 is 0 Å². The first-order valence-electron chi connectivity index (χ1n) is 4.10. The number of aliphatic carboxylic acids is 1. The lowest BCUT2D eigenvalue weighted by molar-refractivity contribution is -0.135. The van der Waals surface area contributed by atoms with E-state index in [1.165, 1.54) is 6.92 Å². The lowest BCUT2D eigenvalue weighted by atomic mass is 10.1. The highest BCUT2D eigenvalue weighted by Gasteiger charge is 2.22. The standard InChI is InChI=1S/C9H6Cl2FNO3/c1-3-6(4(14)2-5(15)16)8(10)13-9(11)7(3)12/h2H2,1H3,(H,15,16). The van der Waals surface area contributed by atoms with Crippen molar-refractivity contribution in [3.8, 4) is 0 Å². The van der Waals surface area contributed by atoms with Crippen molar-refractivity contribution in [2.75, 3.05) is 0 Å². The smallest absolute Gasteiger partial charge is 0.311 e. The van der Waals surface area contributed by atoms with E-state index in [-0.39, 0.29) is 16.3 Å². The van der Waals surface area contributed by atoms with E-state index in [1.54, 1.807) is 0 Å². The van der Waals surface area contributed by atoms with Crippen LogP contribution in [-0.2, 0) is 4.79 Å². The molecule has 0 aliphatic rings. The number of hydrogen-bond donors (Lipinski definition) is 1. The molecule has 1 heterocycles. The van der Waals surface area contributed by atoms with Crippen LogP contribution in [0.5, 0.6) is 0 Å². The number of aromatic nitrogens is 1. The van der Waals surface area contributed by atoms with Crippen LogP contribution < -0.4 is 0 Å². The summed E-state index contributed by atoms with van der Waals surface area (Å²) in [6, 6.07) is 0. The maximum Gasteiger partial charge on any atom is 0.311 e. The van der Waals surface area contributed by atoms with Gasteiger partial charge in [0.05, 0.1) is 5.56 Å². The van der Waals surface area contributed by atoms with Gasteiger partial charge >= 0.3 is 5.97 Å². The lowest BCUT2D eigenvalue weighted by Gasteiger charge is -2.07. The fourth-order valence-corrected chi connectivity index (χ4v) is 1.76. The van der Waals surface area contributed by atoms with Gasteiger partial charge in [-0.1, -0.05) is 23.2 Å². The van der Waals surface area contributed by atoms with Crippen LogP contribution >= 0.6 is 23.2 Å². The first kappa shape index (κ1) is 12.9. The fraction of sp³-hybridized carbons (Fsp3) is 0.222. The number of hydrogen-bond acceptors (Lipinski definition) is 3. The number of rotatable bonds is 3. The minimum atomic E-state index is -1.32. The van der Waals surface area contributed by atoms with Gasteiger partial charge in [-0.25, -0.2) is 9.37 Å². The molecular weight excluding hydrogens is 260 g/mol. The van der Waals surface area contributed by atoms with Gasteiger partial charge in [-0.3, -0.25) is 9.59 Å². The van der Waals surface area contributed by atoms with Gasteiger partial charge in [0.2, 0.25) is 0 Å². The number of carbonyl (C=O) groups is 2. The molecule has 86 valence electrons. The predicted molar refractivity (Wildman–Crippen MR) is 55.5 cm³/mol. The molecule has 0 fully saturated rings. The molecule has 0 saturated heterocycles. The third kappa shape index (κ3) is 2.48. The van der Waals surface area contributed by atoms with Gasteiger partial charge in [-0.05, 0) is 6.92 Å². The number of carbonyl (C=O) groups excluding carboxylic acids is 1. The number of pyridine rings is 1. The largest absolute Gasteiger partial charge is 0.481 e. The summed E-state index contributed by atoms with van der Waals surface area (Å²) in [5, 5.41) is 7.70. The highest BCUT2D eigenvalue weighted by Crippen LogP contribution is 2.26. The molecule has 0 unspecified atom stereocenters. The van der Waals surface area contributed by atoms with Crippen LogP contribution in [0.1, 0.15) is 22.3 Å². The summed E-state index contributed by atoms with van der Waals surface area (Å²) in [4.78, 5) is 25.2. The molecule has 0 atom stereocenters. The molecule has 1 aromatic rings. The van der Waals surface area contributed by atoms with Gasteiger partial charge in [0.25, 0.3) is 0 Å². The molecule has 7 heteroatoms. The monoisotopic (exact) mass is 265 g/mol. The molecule has 0 bridgehead atoms. The van der Waals surface area contributed by atoms with Crippen molar-refractivity contribution < 1.29 is 19.1 Å². The molecule has 1 aromatic heterocycles. The van der Waals surface area contributed by atoms with Gasteiger partial charge in [0.15, 0.2) is 16.8 Å². The van der Waals surface area contributed by atoms with Crippen LogP contribution in [0.25, 0.3) is 0 Å². The van der Waals surface area contributed by atoms with E-state index < -0.39 is 29.1 Å². The first-order valence-corrected chi connectivity index (χ1v) is 4.86. The maximum atomic E-state index is 13.3. The molecule has 0 aliphatic carbocycles. The molecule has 0 radical (unpaired) electrons. The third-order valence-corrected chi connectivity index (χ3v) is 2.40. The van der Waals surface area contributed by atoms with Gasteiger partial charge in [-0.15, -0.1) is 0 Å². The first-order chi connectivity index (χ1) is 7.34. The summed E-state index contributed by atoms with van der Waals surface area (Å²) in [6.45, 7) is 1.28. The average molecular weight is 266 g/mol. The third-order valence-electron chi connectivity index (χ3n) is 1.88. The molecule has 1 N–H and O–H groups in total. The SMILES string of the molecule is Cc1c(F)c(Cl)nc(Cl)c1C(=O)CC(=O)O. The van der Waals surface area contributed by atoms with E-state index in [0.29, 0.717) is 0 Å². The topological polar surface area (TPSA) is 67.3 Å². The number of nitrogens with zero attached hydrogens (tertiary/aromatic N) is 1. The zero-order chi connectivity index (χ0) is 12.5. The predicted octanol–water partition coefficient (Wildman–Crippen LogP) is 2.49. The Balaban J connectivity index is 3.29. The highest BCUT2D eigenvalue weighted by atomic mass is 35.5. The molecule has 0 aliphatic heterocycles. The van der Waals surface area contributed by atoms with Crippen LogP contribution in [0, 0.1) is 12.7 Å². The van der Waals surface area contributed by atoms with Crippen LogP contribution in [0.4, 0.5) is 4.39 Å². The van der Waals surface area contributed by atoms with Gasteiger partial charge in [-0.2, -0.15) is 0 Å². The molecule has 0 saturated carbocycles. The van der Waals surface area contributed by atoms with Crippen LogP contribution in [0.3, 0.4) is 0 Å². The number of carboxylic acid groups (broad SMARTS) is 1. The summed E-state index contributed by atoms with van der Waals surface area (Å²) in [5.41, 5.74) is -0.345. The number of ketones is 1. The summed E-state index contributed by atoms with van der Waals surface area (Å²) >= 11 is 11.0. The van der Waals surface area contributed by atoms with Crippen molar-refractivity contribution in [3.05, 3.63) is 27.3 Å². The highest BCUT2D eigenvalue weighted by molar-refractivity contribution is 6.35. The molecule has 4 nitrogen and oxygen atoms in total. The Morgan fingerprint density at radius 2 is 1.94 bits per heavy atom. The Morgan fingerprint density at radius 1 is 1.38 bits per heavy atom. The summed E-state index contributed by atoms with van der Waals surface area (Å²) in [7, 11) is 0. The Bertz CT molecular complexity index is 476. The lowest BCUT2D eigenvalue weighted by Crippen LogP contribution is -2.11. The molecule has 1 rings (SSSR count). The van der Waals surface area contributed by atoms with E-state index in [4.69, 9.17) is 28.3 Å². The normalized spacial score (nSPS) is 10.2. The zero-order valence-corrected chi connectivity index (χ0v) is 9.56. The molecule has 0 aromatic carbocycles. The van der Waals surface area contributed by atoms with E-state index in [1.807, 2.05) is 0 Å². The summed E-state index contributed by atoms with van der Waals surface area (Å²) < 4.78 is 13.3. The fourth-order valence-electron chi connectivity index (χ4n) is 1.16. The second-order valence-electron chi connectivity index (χ2n) is 3.00. The van der Waals surface area contributed by atoms with Gasteiger partial charge in [0, 0.05) is 5.56 Å². The Labute approximate surface area is 100 Å². The van der Waals surface area contributed by atoms with Crippen LogP contribution in [0.2, 0.25) is 10.3 Å². The van der Waals surface area contributed by atoms with Gasteiger partial charge < -0.3 is 5.11 Å². The zero-order valence-electron chi connectivity index (χ0n) is 8.05. The summed E-state index contributed by atoms with van der Waals surface area (Å²) in [5.74, 6) is -3.01. The Morgan fingerprint density at radius 3 is 2.44 bits per heavy atom. The number of Topliss-reactive ketones (excluding diaryl/α,β-unsaturated/α-hetero) is 1. The van der Waals surface area contributed by atoms with Crippen molar-refractivity contribution in [1.82, 2.24) is 4.98 Å². The second-order valence-corrected chi connectivity index (χ2v) is 3.72. The van der Waals surface area contributed by atoms with Crippen molar-refractivity contribution in [3.63, 3.8) is 0 Å². The quantitative estimate of drug-likeness (QED) is 0.518. The molecule has 16 heavy (non-hydrogen) atoms. The minimum absolute atomic E-state index is 0.101. The van der Waals surface area contributed by atoms with Crippen molar-refractivity contribution in [2.24, 2.45) is 0 Å². The average Bonchev–Trinajstić information content (AvgIpc) is 2.13. The number of halogens is 3. The van der Waals surface area contributed by atoms with Gasteiger partial charge in [0.1, 0.15) is 11.6 Å². The Kier molecular flexibility index (Phi) is 3.83. The van der Waals surface area contributed by atoms with Crippen LogP contribution in [-0.4, -0.2) is 21.8 Å². The second kappa shape index (κ2) is 4.76.